The van der Waals surface area contributed by atoms with Crippen molar-refractivity contribution in [3.05, 3.63) is 57.6 Å². The lowest BCUT2D eigenvalue weighted by Crippen LogP contribution is -2.36. The Labute approximate surface area is 143 Å². The zero-order valence-corrected chi connectivity index (χ0v) is 14.2. The van der Waals surface area contributed by atoms with Crippen molar-refractivity contribution in [2.75, 3.05) is 0 Å². The van der Waals surface area contributed by atoms with Crippen LogP contribution in [0.25, 0.3) is 21.8 Å². The Morgan fingerprint density at radius 3 is 2.96 bits per heavy atom. The maximum atomic E-state index is 12.5. The van der Waals surface area contributed by atoms with Crippen molar-refractivity contribution < 1.29 is 0 Å². The smallest absolute Gasteiger partial charge is 0.257 e. The van der Waals surface area contributed by atoms with E-state index in [1.165, 1.54) is 0 Å². The summed E-state index contributed by atoms with van der Waals surface area (Å²) in [5, 5.41) is 6.35. The highest BCUT2D eigenvalue weighted by atomic mass is 32.1. The molecule has 0 amide bonds. The summed E-state index contributed by atoms with van der Waals surface area (Å²) >= 11 is 1.54. The molecule has 1 aliphatic rings. The number of hydrogen-bond acceptors (Lipinski definition) is 5. The van der Waals surface area contributed by atoms with Gasteiger partial charge < -0.3 is 10.3 Å². The summed E-state index contributed by atoms with van der Waals surface area (Å²) in [6.07, 6.45) is 5.43. The molecule has 1 unspecified atom stereocenters. The first-order valence-corrected chi connectivity index (χ1v) is 8.97. The van der Waals surface area contributed by atoms with Gasteiger partial charge in [0.25, 0.3) is 5.56 Å². The Kier molecular flexibility index (Phi) is 4.00. The first-order chi connectivity index (χ1) is 11.7. The fourth-order valence-electron chi connectivity index (χ4n) is 3.03. The van der Waals surface area contributed by atoms with Gasteiger partial charge in [0.15, 0.2) is 0 Å². The van der Waals surface area contributed by atoms with Gasteiger partial charge in [-0.1, -0.05) is 6.92 Å². The molecule has 1 atom stereocenters. The predicted octanol–water partition coefficient (Wildman–Crippen LogP) is 2.98. The quantitative estimate of drug-likeness (QED) is 0.770. The molecular formula is C18H18N4OS. The van der Waals surface area contributed by atoms with Crippen LogP contribution in [0.1, 0.15) is 24.6 Å². The molecule has 0 aromatic carbocycles. The van der Waals surface area contributed by atoms with E-state index in [1.54, 1.807) is 23.7 Å². The van der Waals surface area contributed by atoms with Crippen LogP contribution < -0.4 is 10.9 Å². The molecule has 0 aliphatic carbocycles. The third kappa shape index (κ3) is 2.79. The third-order valence-corrected chi connectivity index (χ3v) is 5.34. The van der Waals surface area contributed by atoms with E-state index < -0.39 is 0 Å². The van der Waals surface area contributed by atoms with Crippen molar-refractivity contribution in [2.24, 2.45) is 0 Å². The van der Waals surface area contributed by atoms with Crippen LogP contribution in [-0.2, 0) is 13.0 Å². The fourth-order valence-corrected chi connectivity index (χ4v) is 3.85. The lowest BCUT2D eigenvalue weighted by Gasteiger charge is -2.25. The Balaban J connectivity index is 1.71. The summed E-state index contributed by atoms with van der Waals surface area (Å²) in [7, 11) is 0. The van der Waals surface area contributed by atoms with Gasteiger partial charge in [-0.25, -0.2) is 4.98 Å². The number of rotatable bonds is 3. The minimum absolute atomic E-state index is 0.0583. The van der Waals surface area contributed by atoms with Crippen molar-refractivity contribution >= 4 is 11.3 Å². The van der Waals surface area contributed by atoms with E-state index >= 15 is 0 Å². The molecule has 2 N–H and O–H groups in total. The van der Waals surface area contributed by atoms with Crippen LogP contribution in [0.3, 0.4) is 0 Å². The molecule has 0 spiro atoms. The zero-order chi connectivity index (χ0) is 16.5. The van der Waals surface area contributed by atoms with Crippen LogP contribution in [0.15, 0.2) is 40.8 Å². The molecule has 1 aliphatic heterocycles. The van der Waals surface area contributed by atoms with Crippen molar-refractivity contribution in [3.63, 3.8) is 0 Å². The number of aromatic amines is 1. The summed E-state index contributed by atoms with van der Waals surface area (Å²) in [5.41, 5.74) is 4.54. The first kappa shape index (κ1) is 15.2. The van der Waals surface area contributed by atoms with Gasteiger partial charge in [0, 0.05) is 48.0 Å². The summed E-state index contributed by atoms with van der Waals surface area (Å²) in [6.45, 7) is 2.95. The van der Waals surface area contributed by atoms with E-state index in [2.05, 4.69) is 27.2 Å². The predicted molar refractivity (Wildman–Crippen MR) is 96.0 cm³/mol. The monoisotopic (exact) mass is 338 g/mol. The zero-order valence-electron chi connectivity index (χ0n) is 13.4. The molecule has 24 heavy (non-hydrogen) atoms. The number of aromatic nitrogens is 3. The second kappa shape index (κ2) is 6.30. The van der Waals surface area contributed by atoms with Crippen LogP contribution in [-0.4, -0.2) is 21.0 Å². The van der Waals surface area contributed by atoms with Gasteiger partial charge in [0.05, 0.1) is 11.3 Å². The molecule has 0 saturated heterocycles. The van der Waals surface area contributed by atoms with Gasteiger partial charge in [-0.05, 0) is 30.2 Å². The fraction of sp³-hybridized carbons (Fsp3) is 0.278. The highest BCUT2D eigenvalue weighted by Gasteiger charge is 2.20. The molecule has 3 aromatic rings. The highest BCUT2D eigenvalue weighted by Crippen LogP contribution is 2.28. The van der Waals surface area contributed by atoms with Gasteiger partial charge in [0.1, 0.15) is 5.01 Å². The minimum Gasteiger partial charge on any atom is -0.325 e. The topological polar surface area (TPSA) is 70.7 Å². The van der Waals surface area contributed by atoms with E-state index in [4.69, 9.17) is 0 Å². The number of nitrogens with zero attached hydrogens (tertiary/aromatic N) is 2. The highest BCUT2D eigenvalue weighted by molar-refractivity contribution is 7.13. The molecule has 4 heterocycles. The summed E-state index contributed by atoms with van der Waals surface area (Å²) < 4.78 is 0. The van der Waals surface area contributed by atoms with E-state index in [0.717, 1.165) is 46.9 Å². The van der Waals surface area contributed by atoms with Crippen molar-refractivity contribution in [1.29, 1.82) is 0 Å². The minimum atomic E-state index is -0.0583. The maximum Gasteiger partial charge on any atom is 0.257 e. The molecule has 0 saturated carbocycles. The maximum absolute atomic E-state index is 12.5. The molecule has 4 rings (SSSR count). The van der Waals surface area contributed by atoms with E-state index in [9.17, 15) is 4.79 Å². The molecule has 122 valence electrons. The van der Waals surface area contributed by atoms with E-state index in [1.807, 2.05) is 23.6 Å². The van der Waals surface area contributed by atoms with Gasteiger partial charge in [-0.15, -0.1) is 11.3 Å². The molecular weight excluding hydrogens is 320 g/mol. The van der Waals surface area contributed by atoms with E-state index in [0.29, 0.717) is 11.6 Å². The van der Waals surface area contributed by atoms with Crippen LogP contribution in [0.2, 0.25) is 0 Å². The SMILES string of the molecule is CCC1Cc2[nH]c(=O)c(-c3csc(-c4ccncc4)n3)cc2CN1. The lowest BCUT2D eigenvalue weighted by molar-refractivity contribution is 0.460. The van der Waals surface area contributed by atoms with Crippen molar-refractivity contribution in [2.45, 2.75) is 32.4 Å². The van der Waals surface area contributed by atoms with Crippen molar-refractivity contribution in [1.82, 2.24) is 20.3 Å². The largest absolute Gasteiger partial charge is 0.325 e. The number of hydrogen-bond donors (Lipinski definition) is 2. The Hall–Kier alpha value is -2.31. The molecule has 0 fully saturated rings. The average molecular weight is 338 g/mol. The number of fused-ring (bicyclic) bond motifs is 1. The number of nitrogens with one attached hydrogen (secondary N) is 2. The number of thiazole rings is 1. The molecule has 6 heteroatoms. The number of pyridine rings is 2. The lowest BCUT2D eigenvalue weighted by atomic mass is 9.98. The van der Waals surface area contributed by atoms with Crippen LogP contribution in [0, 0.1) is 0 Å². The normalized spacial score (nSPS) is 16.8. The molecule has 0 radical (unpaired) electrons. The standard InChI is InChI=1S/C18H18N4OS/c1-2-13-8-15-12(9-20-13)7-14(17(23)21-15)16-10-24-18(22-16)11-3-5-19-6-4-11/h3-7,10,13,20H,2,8-9H2,1H3,(H,21,23). The van der Waals surface area contributed by atoms with Crippen LogP contribution >= 0.6 is 11.3 Å². The second-order valence-corrected chi connectivity index (χ2v) is 6.84. The molecule has 3 aromatic heterocycles. The third-order valence-electron chi connectivity index (χ3n) is 4.45. The van der Waals surface area contributed by atoms with Gasteiger partial charge in [0.2, 0.25) is 0 Å². The number of H-pyrrole nitrogens is 1. The molecule has 5 nitrogen and oxygen atoms in total. The van der Waals surface area contributed by atoms with E-state index in [-0.39, 0.29) is 5.56 Å². The summed E-state index contributed by atoms with van der Waals surface area (Å²) in [4.78, 5) is 24.2. The summed E-state index contributed by atoms with van der Waals surface area (Å²) in [6, 6.07) is 6.28. The Morgan fingerprint density at radius 1 is 1.33 bits per heavy atom. The molecule has 0 bridgehead atoms. The van der Waals surface area contributed by atoms with Crippen LogP contribution in [0.5, 0.6) is 0 Å². The van der Waals surface area contributed by atoms with Gasteiger partial charge in [-0.3, -0.25) is 9.78 Å². The van der Waals surface area contributed by atoms with Gasteiger partial charge in [-0.2, -0.15) is 0 Å². The second-order valence-electron chi connectivity index (χ2n) is 5.98. The van der Waals surface area contributed by atoms with Crippen LogP contribution in [0.4, 0.5) is 0 Å². The Morgan fingerprint density at radius 2 is 2.17 bits per heavy atom. The van der Waals surface area contributed by atoms with Gasteiger partial charge >= 0.3 is 0 Å². The van der Waals surface area contributed by atoms with Crippen molar-refractivity contribution in [3.8, 4) is 21.8 Å². The summed E-state index contributed by atoms with van der Waals surface area (Å²) in [5.74, 6) is 0. The average Bonchev–Trinajstić information content (AvgIpc) is 3.11. The first-order valence-electron chi connectivity index (χ1n) is 8.09. The Bertz CT molecular complexity index is 916.